The quantitative estimate of drug-likeness (QED) is 0.506. The molecule has 0 nitrogen and oxygen atoms in total. The van der Waals surface area contributed by atoms with Crippen molar-refractivity contribution >= 4 is 5.57 Å². The van der Waals surface area contributed by atoms with Crippen molar-refractivity contribution in [3.8, 4) is 11.1 Å². The van der Waals surface area contributed by atoms with E-state index >= 15 is 0 Å². The van der Waals surface area contributed by atoms with Crippen LogP contribution in [0.1, 0.15) is 27.8 Å². The molecule has 0 N–H and O–H groups in total. The van der Waals surface area contributed by atoms with E-state index in [4.69, 9.17) is 0 Å². The van der Waals surface area contributed by atoms with Crippen molar-refractivity contribution in [1.82, 2.24) is 0 Å². The summed E-state index contributed by atoms with van der Waals surface area (Å²) in [7, 11) is 0. The summed E-state index contributed by atoms with van der Waals surface area (Å²) >= 11 is 0. The number of aryl methyl sites for hydroxylation is 1. The van der Waals surface area contributed by atoms with E-state index in [1.807, 2.05) is 12.2 Å². The van der Waals surface area contributed by atoms with Crippen molar-refractivity contribution < 1.29 is 0 Å². The van der Waals surface area contributed by atoms with Gasteiger partial charge in [-0.25, -0.2) is 0 Å². The molecule has 0 heteroatoms. The molecule has 0 atom stereocenters. The minimum Gasteiger partial charge on any atom is -0.0987 e. The zero-order valence-electron chi connectivity index (χ0n) is 14.9. The zero-order valence-corrected chi connectivity index (χ0v) is 14.9. The molecule has 0 radical (unpaired) electrons. The number of allylic oxidation sites excluding steroid dienone is 4. The fraction of sp³-hybridized carbons (Fsp3) is 0.0769. The SMILES string of the molecule is C=CC1=C(C=C)C2(c3cc(C)ccc31)c1ccccc1-c1ccccc12. The van der Waals surface area contributed by atoms with E-state index in [2.05, 4.69) is 86.8 Å². The molecule has 3 aromatic rings. The minimum atomic E-state index is -0.292. The van der Waals surface area contributed by atoms with Crippen LogP contribution >= 0.6 is 0 Å². The Morgan fingerprint density at radius 3 is 1.88 bits per heavy atom. The summed E-state index contributed by atoms with van der Waals surface area (Å²) < 4.78 is 0. The van der Waals surface area contributed by atoms with E-state index in [-0.39, 0.29) is 5.41 Å². The Balaban J connectivity index is 2.04. The van der Waals surface area contributed by atoms with Crippen molar-refractivity contribution in [2.45, 2.75) is 12.3 Å². The summed E-state index contributed by atoms with van der Waals surface area (Å²) in [4.78, 5) is 0. The van der Waals surface area contributed by atoms with E-state index in [0.29, 0.717) is 0 Å². The highest BCUT2D eigenvalue weighted by molar-refractivity contribution is 5.97. The van der Waals surface area contributed by atoms with Crippen LogP contribution in [-0.4, -0.2) is 0 Å². The fourth-order valence-electron chi connectivity index (χ4n) is 4.99. The summed E-state index contributed by atoms with van der Waals surface area (Å²) in [5.41, 5.74) is 11.4. The lowest BCUT2D eigenvalue weighted by molar-refractivity contribution is 0.785. The Bertz CT molecular complexity index is 1080. The van der Waals surface area contributed by atoms with E-state index in [1.54, 1.807) is 0 Å². The largest absolute Gasteiger partial charge is 0.0987 e. The van der Waals surface area contributed by atoms with Gasteiger partial charge in [-0.3, -0.25) is 0 Å². The molecular weight excluding hydrogens is 312 g/mol. The maximum absolute atomic E-state index is 4.21. The Kier molecular flexibility index (Phi) is 3.02. The van der Waals surface area contributed by atoms with Gasteiger partial charge in [-0.15, -0.1) is 0 Å². The highest BCUT2D eigenvalue weighted by Crippen LogP contribution is 2.62. The van der Waals surface area contributed by atoms with E-state index in [0.717, 1.165) is 0 Å². The molecule has 3 aromatic carbocycles. The van der Waals surface area contributed by atoms with E-state index in [1.165, 1.54) is 50.1 Å². The van der Waals surface area contributed by atoms with Crippen LogP contribution < -0.4 is 0 Å². The first kappa shape index (κ1) is 15.2. The summed E-state index contributed by atoms with van der Waals surface area (Å²) in [5, 5.41) is 0. The molecule has 0 aromatic heterocycles. The molecule has 0 saturated heterocycles. The lowest BCUT2D eigenvalue weighted by Crippen LogP contribution is -2.26. The second-order valence-corrected chi connectivity index (χ2v) is 7.13. The van der Waals surface area contributed by atoms with Crippen molar-refractivity contribution in [1.29, 1.82) is 0 Å². The molecule has 5 rings (SSSR count). The van der Waals surface area contributed by atoms with Gasteiger partial charge in [0.1, 0.15) is 0 Å². The molecule has 124 valence electrons. The summed E-state index contributed by atoms with van der Waals surface area (Å²) in [5.74, 6) is 0. The van der Waals surface area contributed by atoms with Crippen LogP contribution in [0.2, 0.25) is 0 Å². The number of hydrogen-bond acceptors (Lipinski definition) is 0. The summed E-state index contributed by atoms with van der Waals surface area (Å²) in [6, 6.07) is 24.4. The first-order valence-corrected chi connectivity index (χ1v) is 9.04. The van der Waals surface area contributed by atoms with Gasteiger partial charge in [0.15, 0.2) is 0 Å². The summed E-state index contributed by atoms with van der Waals surface area (Å²) in [6.07, 6.45) is 4.02. The molecule has 0 aliphatic heterocycles. The lowest BCUT2D eigenvalue weighted by Gasteiger charge is -2.31. The molecular formula is C26H20. The number of rotatable bonds is 2. The maximum atomic E-state index is 4.21. The van der Waals surface area contributed by atoms with Gasteiger partial charge < -0.3 is 0 Å². The first-order chi connectivity index (χ1) is 12.7. The summed E-state index contributed by atoms with van der Waals surface area (Å²) in [6.45, 7) is 10.5. The van der Waals surface area contributed by atoms with Gasteiger partial charge in [0.25, 0.3) is 0 Å². The number of fused-ring (bicyclic) bond motifs is 7. The third-order valence-corrected chi connectivity index (χ3v) is 5.92. The molecule has 0 heterocycles. The topological polar surface area (TPSA) is 0 Å². The predicted octanol–water partition coefficient (Wildman–Crippen LogP) is 6.45. The van der Waals surface area contributed by atoms with Crippen LogP contribution in [0.4, 0.5) is 0 Å². The number of hydrogen-bond donors (Lipinski definition) is 0. The van der Waals surface area contributed by atoms with Gasteiger partial charge >= 0.3 is 0 Å². The van der Waals surface area contributed by atoms with Crippen molar-refractivity contribution in [3.63, 3.8) is 0 Å². The maximum Gasteiger partial charge on any atom is 0.0725 e. The van der Waals surface area contributed by atoms with Gasteiger partial charge in [0, 0.05) is 0 Å². The average molecular weight is 332 g/mol. The van der Waals surface area contributed by atoms with Gasteiger partial charge in [0.2, 0.25) is 0 Å². The van der Waals surface area contributed by atoms with Crippen molar-refractivity contribution in [2.24, 2.45) is 0 Å². The monoisotopic (exact) mass is 332 g/mol. The van der Waals surface area contributed by atoms with E-state index < -0.39 is 0 Å². The zero-order chi connectivity index (χ0) is 17.9. The third-order valence-electron chi connectivity index (χ3n) is 5.92. The van der Waals surface area contributed by atoms with Crippen LogP contribution in [0.5, 0.6) is 0 Å². The highest BCUT2D eigenvalue weighted by Gasteiger charge is 2.51. The predicted molar refractivity (Wildman–Crippen MR) is 110 cm³/mol. The Morgan fingerprint density at radius 2 is 1.31 bits per heavy atom. The Labute approximate surface area is 154 Å². The second kappa shape index (κ2) is 5.19. The van der Waals surface area contributed by atoms with Crippen LogP contribution in [0, 0.1) is 6.92 Å². The van der Waals surface area contributed by atoms with Gasteiger partial charge in [-0.05, 0) is 51.5 Å². The third kappa shape index (κ3) is 1.60. The van der Waals surface area contributed by atoms with Gasteiger partial charge in [-0.2, -0.15) is 0 Å². The molecule has 26 heavy (non-hydrogen) atoms. The lowest BCUT2D eigenvalue weighted by atomic mass is 9.69. The Morgan fingerprint density at radius 1 is 0.692 bits per heavy atom. The number of benzene rings is 3. The van der Waals surface area contributed by atoms with Crippen molar-refractivity contribution in [2.75, 3.05) is 0 Å². The molecule has 2 aliphatic carbocycles. The molecule has 0 fully saturated rings. The molecule has 0 bridgehead atoms. The average Bonchev–Trinajstić information content (AvgIpc) is 3.13. The van der Waals surface area contributed by atoms with Gasteiger partial charge in [0.05, 0.1) is 5.41 Å². The highest BCUT2D eigenvalue weighted by atomic mass is 14.5. The molecule has 0 saturated carbocycles. The minimum absolute atomic E-state index is 0.292. The Hall–Kier alpha value is -3.12. The van der Waals surface area contributed by atoms with Crippen LogP contribution in [0.3, 0.4) is 0 Å². The van der Waals surface area contributed by atoms with Crippen molar-refractivity contribution in [3.05, 3.63) is 125 Å². The molecule has 0 unspecified atom stereocenters. The van der Waals surface area contributed by atoms with Gasteiger partial charge in [-0.1, -0.05) is 97.6 Å². The smallest absolute Gasteiger partial charge is 0.0725 e. The standard InChI is InChI=1S/C26H20/c1-4-18-21-15-14-17(3)16-25(21)26(22(18)5-2)23-12-8-6-10-19(23)20-11-7-9-13-24(20)26/h4-16H,1-2H2,3H3. The molecule has 0 amide bonds. The van der Waals surface area contributed by atoms with Crippen LogP contribution in [-0.2, 0) is 5.41 Å². The normalized spacial score (nSPS) is 15.6. The van der Waals surface area contributed by atoms with Crippen LogP contribution in [0.25, 0.3) is 16.7 Å². The van der Waals surface area contributed by atoms with E-state index in [9.17, 15) is 0 Å². The first-order valence-electron chi connectivity index (χ1n) is 9.04. The fourth-order valence-corrected chi connectivity index (χ4v) is 4.99. The van der Waals surface area contributed by atoms with Crippen LogP contribution in [0.15, 0.2) is 97.6 Å². The molecule has 1 spiro atoms. The second-order valence-electron chi connectivity index (χ2n) is 7.13. The molecule has 2 aliphatic rings.